The number of hydrogen-bond acceptors (Lipinski definition) is 3. The van der Waals surface area contributed by atoms with E-state index in [0.717, 1.165) is 19.3 Å². The van der Waals surface area contributed by atoms with E-state index in [4.69, 9.17) is 4.74 Å². The summed E-state index contributed by atoms with van der Waals surface area (Å²) < 4.78 is 20.9. The lowest BCUT2D eigenvalue weighted by Gasteiger charge is -2.40. The van der Waals surface area contributed by atoms with Crippen LogP contribution in [0.25, 0.3) is 0 Å². The molecule has 0 saturated heterocycles. The van der Waals surface area contributed by atoms with Crippen molar-refractivity contribution in [1.82, 2.24) is 4.31 Å². The summed E-state index contributed by atoms with van der Waals surface area (Å²) in [4.78, 5) is 0. The Labute approximate surface area is 144 Å². The molecule has 1 aliphatic heterocycles. The molecule has 0 bridgehead atoms. The molecule has 0 spiro atoms. The molecule has 128 valence electrons. The van der Waals surface area contributed by atoms with Gasteiger partial charge in [0.05, 0.1) is 18.8 Å². The molecule has 1 heterocycles. The Balaban J connectivity index is 2.25. The van der Waals surface area contributed by atoms with Gasteiger partial charge in [-0.3, -0.25) is 0 Å². The molecule has 2 unspecified atom stereocenters. The zero-order valence-corrected chi connectivity index (χ0v) is 15.5. The van der Waals surface area contributed by atoms with E-state index in [2.05, 4.69) is 29.4 Å². The zero-order valence-electron chi connectivity index (χ0n) is 14.7. The summed E-state index contributed by atoms with van der Waals surface area (Å²) in [6.07, 6.45) is 6.92. The number of rotatable bonds is 6. The van der Waals surface area contributed by atoms with E-state index in [1.807, 2.05) is 39.0 Å². The Kier molecular flexibility index (Phi) is 6.57. The van der Waals surface area contributed by atoms with Crippen molar-refractivity contribution in [3.8, 4) is 0 Å². The summed E-state index contributed by atoms with van der Waals surface area (Å²) in [6, 6.07) is 10.4. The van der Waals surface area contributed by atoms with Crippen molar-refractivity contribution in [3.63, 3.8) is 0 Å². The molecule has 4 heteroatoms. The van der Waals surface area contributed by atoms with Crippen molar-refractivity contribution in [2.24, 2.45) is 0 Å². The fourth-order valence-corrected chi connectivity index (χ4v) is 4.40. The fourth-order valence-electron chi connectivity index (χ4n) is 2.90. The number of allylic oxidation sites excluding steroid dienone is 1. The van der Waals surface area contributed by atoms with Crippen LogP contribution in [-0.4, -0.2) is 25.8 Å². The van der Waals surface area contributed by atoms with Gasteiger partial charge in [0.1, 0.15) is 10.9 Å². The van der Waals surface area contributed by atoms with Crippen molar-refractivity contribution < 1.29 is 9.29 Å². The molecular formula is C19H29NO2S. The van der Waals surface area contributed by atoms with Gasteiger partial charge in [-0.05, 0) is 51.7 Å². The van der Waals surface area contributed by atoms with Gasteiger partial charge in [0.15, 0.2) is 0 Å². The Morgan fingerprint density at radius 1 is 1.30 bits per heavy atom. The molecule has 23 heavy (non-hydrogen) atoms. The van der Waals surface area contributed by atoms with Gasteiger partial charge in [-0.15, -0.1) is 4.31 Å². The van der Waals surface area contributed by atoms with E-state index in [1.54, 1.807) is 6.26 Å². The van der Waals surface area contributed by atoms with Gasteiger partial charge in [-0.25, -0.2) is 0 Å². The summed E-state index contributed by atoms with van der Waals surface area (Å²) >= 11 is -1.08. The highest BCUT2D eigenvalue weighted by molar-refractivity contribution is 7.90. The van der Waals surface area contributed by atoms with E-state index < -0.39 is 11.4 Å². The van der Waals surface area contributed by atoms with Gasteiger partial charge < -0.3 is 9.29 Å². The lowest BCUT2D eigenvalue weighted by Crippen LogP contribution is -2.52. The maximum atomic E-state index is 13.2. The lowest BCUT2D eigenvalue weighted by atomic mass is 10.0. The van der Waals surface area contributed by atoms with E-state index >= 15 is 0 Å². The second kappa shape index (κ2) is 8.22. The van der Waals surface area contributed by atoms with Crippen LogP contribution in [0.2, 0.25) is 0 Å². The molecule has 0 radical (unpaired) electrons. The fraction of sp³-hybridized carbons (Fsp3) is 0.579. The Bertz CT molecular complexity index is 498. The molecule has 0 N–H and O–H groups in total. The number of ether oxygens (including phenoxy) is 1. The first-order chi connectivity index (χ1) is 10.9. The van der Waals surface area contributed by atoms with Crippen LogP contribution in [0.5, 0.6) is 0 Å². The molecule has 2 rings (SSSR count). The van der Waals surface area contributed by atoms with Crippen molar-refractivity contribution in [3.05, 3.63) is 48.2 Å². The molecule has 1 aromatic carbocycles. The summed E-state index contributed by atoms with van der Waals surface area (Å²) in [5, 5.41) is 0. The maximum Gasteiger partial charge on any atom is 0.137 e. The second-order valence-corrected chi connectivity index (χ2v) is 9.21. The van der Waals surface area contributed by atoms with Crippen LogP contribution in [0.4, 0.5) is 0 Å². The molecule has 3 atom stereocenters. The lowest BCUT2D eigenvalue weighted by molar-refractivity contribution is 0.0518. The van der Waals surface area contributed by atoms with Crippen LogP contribution >= 0.6 is 0 Å². The minimum absolute atomic E-state index is 0.111. The SMILES string of the molecule is CC[C@H](C1CCC=CO1)N(Cc1ccccc1)[S+]([O-])C(C)(C)C. The van der Waals surface area contributed by atoms with Crippen LogP contribution in [-0.2, 0) is 22.6 Å². The molecular weight excluding hydrogens is 306 g/mol. The minimum atomic E-state index is -1.08. The quantitative estimate of drug-likeness (QED) is 0.722. The van der Waals surface area contributed by atoms with Crippen LogP contribution in [0, 0.1) is 0 Å². The molecule has 3 nitrogen and oxygen atoms in total. The summed E-state index contributed by atoms with van der Waals surface area (Å²) in [5.74, 6) is 0. The van der Waals surface area contributed by atoms with Crippen LogP contribution < -0.4 is 0 Å². The average Bonchev–Trinajstić information content (AvgIpc) is 2.55. The van der Waals surface area contributed by atoms with E-state index in [9.17, 15) is 4.55 Å². The molecule has 0 aliphatic carbocycles. The largest absolute Gasteiger partial charge is 0.597 e. The van der Waals surface area contributed by atoms with Crippen LogP contribution in [0.15, 0.2) is 42.7 Å². The zero-order chi connectivity index (χ0) is 16.9. The van der Waals surface area contributed by atoms with Crippen molar-refractivity contribution >= 4 is 11.4 Å². The standard InChI is InChI=1S/C19H29NO2S/c1-5-17(18-13-9-10-14-22-18)20(23(21)19(2,3)4)15-16-11-7-6-8-12-16/h6-8,10-12,14,17-18H,5,9,13,15H2,1-4H3/t17-,18?,23?/m1/s1. The van der Waals surface area contributed by atoms with Crippen molar-refractivity contribution in [1.29, 1.82) is 0 Å². The highest BCUT2D eigenvalue weighted by atomic mass is 32.2. The summed E-state index contributed by atoms with van der Waals surface area (Å²) in [7, 11) is 0. The van der Waals surface area contributed by atoms with Gasteiger partial charge >= 0.3 is 0 Å². The van der Waals surface area contributed by atoms with E-state index in [0.29, 0.717) is 6.54 Å². The number of hydrogen-bond donors (Lipinski definition) is 0. The van der Waals surface area contributed by atoms with Crippen LogP contribution in [0.1, 0.15) is 52.5 Å². The Morgan fingerprint density at radius 2 is 2.00 bits per heavy atom. The smallest absolute Gasteiger partial charge is 0.137 e. The number of nitrogens with zero attached hydrogens (tertiary/aromatic N) is 1. The molecule has 0 fully saturated rings. The van der Waals surface area contributed by atoms with Crippen molar-refractivity contribution in [2.75, 3.05) is 0 Å². The summed E-state index contributed by atoms with van der Waals surface area (Å²) in [5.41, 5.74) is 1.19. The maximum absolute atomic E-state index is 13.2. The molecule has 0 amide bonds. The monoisotopic (exact) mass is 335 g/mol. The van der Waals surface area contributed by atoms with Crippen LogP contribution in [0.3, 0.4) is 0 Å². The van der Waals surface area contributed by atoms with Gasteiger partial charge in [-0.2, -0.15) is 0 Å². The highest BCUT2D eigenvalue weighted by Crippen LogP contribution is 2.30. The average molecular weight is 336 g/mol. The molecule has 0 aromatic heterocycles. The molecule has 1 aliphatic rings. The van der Waals surface area contributed by atoms with Gasteiger partial charge in [0, 0.05) is 11.4 Å². The molecule has 0 saturated carbocycles. The number of benzene rings is 1. The van der Waals surface area contributed by atoms with Crippen molar-refractivity contribution in [2.45, 2.75) is 70.4 Å². The van der Waals surface area contributed by atoms with E-state index in [-0.39, 0.29) is 16.9 Å². The normalized spacial score (nSPS) is 21.0. The Hall–Kier alpha value is -0.970. The second-order valence-electron chi connectivity index (χ2n) is 7.02. The topological polar surface area (TPSA) is 35.5 Å². The Morgan fingerprint density at radius 3 is 2.52 bits per heavy atom. The molecule has 1 aromatic rings. The third-order valence-corrected chi connectivity index (χ3v) is 5.98. The van der Waals surface area contributed by atoms with Gasteiger partial charge in [0.25, 0.3) is 0 Å². The predicted molar refractivity (Wildman–Crippen MR) is 97.2 cm³/mol. The summed E-state index contributed by atoms with van der Waals surface area (Å²) in [6.45, 7) is 8.96. The first kappa shape index (κ1) is 18.4. The first-order valence-electron chi connectivity index (χ1n) is 8.46. The minimum Gasteiger partial charge on any atom is -0.597 e. The van der Waals surface area contributed by atoms with E-state index in [1.165, 1.54) is 5.56 Å². The third kappa shape index (κ3) is 5.00. The van der Waals surface area contributed by atoms with Gasteiger partial charge in [0.2, 0.25) is 0 Å². The van der Waals surface area contributed by atoms with Gasteiger partial charge in [-0.1, -0.05) is 37.3 Å². The first-order valence-corrected chi connectivity index (χ1v) is 9.57. The predicted octanol–water partition coefficient (Wildman–Crippen LogP) is 4.42. The highest BCUT2D eigenvalue weighted by Gasteiger charge is 2.40. The third-order valence-electron chi connectivity index (χ3n) is 4.10.